The van der Waals surface area contributed by atoms with Gasteiger partial charge in [-0.2, -0.15) is 0 Å². The summed E-state index contributed by atoms with van der Waals surface area (Å²) in [5.74, 6) is 3.06. The van der Waals surface area contributed by atoms with E-state index < -0.39 is 47.0 Å². The third-order valence-corrected chi connectivity index (χ3v) is 17.8. The Morgan fingerprint density at radius 3 is 1.79 bits per heavy atom. The number of nitrogens with zero attached hydrogens (tertiary/aromatic N) is 2. The standard InChI is InChI=1S/C77H88N4O13S/c1-52(80(8)75(85)94-77(5,6)7)72(82)79-71(76(2,3)4)74(84)81-49-58-46-62(31-28-57(58)47-67(81)73(83)78-66-25-17-23-55-22-15-16-24-64(55)66)90-45-43-88-41-39-86-38-40-87-42-44-89-59-32-34-61(35-33-59)93-69-65-37-36-63(92-51-54-20-13-10-14-21-54)48-68(65)95-70(69)56-26-29-60(30-27-56)91-50-53-18-11-9-12-19-53/h9-16,18-22,24,26-37,46,48,52,66-67,71H,17,23,25,38-45,47,49-51H2,1-8H3,(H,78,83)(H,79,82)/t52-,66+,67-,71?/m0/s1. The van der Waals surface area contributed by atoms with Crippen molar-refractivity contribution >= 4 is 45.2 Å². The molecule has 0 bridgehead atoms. The highest BCUT2D eigenvalue weighted by Crippen LogP contribution is 2.48. The fourth-order valence-electron chi connectivity index (χ4n) is 11.4. The highest BCUT2D eigenvalue weighted by molar-refractivity contribution is 7.22. The summed E-state index contributed by atoms with van der Waals surface area (Å²) in [6, 6.07) is 52.9. The SMILES string of the molecule is C[C@@H](C(=O)NC(C(=O)N1Cc2cc(OCCOCCOCCOCCOc3ccc(Oc4c(-c5ccc(OCc6ccccc6)cc5)sc5cc(OCc6ccccc6)ccc45)cc3)ccc2C[C@H]1C(=O)N[C@@H]1CCCc2ccccc21)C(C)(C)C)N(C)C(=O)OC(C)(C)C. The second-order valence-electron chi connectivity index (χ2n) is 25.9. The van der Waals surface area contributed by atoms with Crippen molar-refractivity contribution in [2.75, 3.05) is 59.9 Å². The van der Waals surface area contributed by atoms with Crippen molar-refractivity contribution in [2.45, 2.75) is 124 Å². The Balaban J connectivity index is 0.663. The minimum atomic E-state index is -1.05. The predicted octanol–water partition coefficient (Wildman–Crippen LogP) is 14.3. The maximum atomic E-state index is 15.1. The van der Waals surface area contributed by atoms with Crippen LogP contribution in [0.4, 0.5) is 4.79 Å². The summed E-state index contributed by atoms with van der Waals surface area (Å²) >= 11 is 1.65. The summed E-state index contributed by atoms with van der Waals surface area (Å²) in [7, 11) is 1.49. The number of thiophene rings is 1. The fourth-order valence-corrected chi connectivity index (χ4v) is 12.5. The van der Waals surface area contributed by atoms with E-state index in [1.54, 1.807) is 43.9 Å². The van der Waals surface area contributed by atoms with Gasteiger partial charge in [0.1, 0.15) is 78.9 Å². The lowest BCUT2D eigenvalue weighted by atomic mass is 9.83. The summed E-state index contributed by atoms with van der Waals surface area (Å²) in [6.07, 6.45) is 2.24. The van der Waals surface area contributed by atoms with Gasteiger partial charge >= 0.3 is 6.09 Å². The van der Waals surface area contributed by atoms with Gasteiger partial charge in [0.2, 0.25) is 17.7 Å². The molecule has 95 heavy (non-hydrogen) atoms. The number of amides is 4. The Bertz CT molecular complexity index is 3830. The first-order valence-electron chi connectivity index (χ1n) is 32.7. The molecule has 18 heteroatoms. The number of hydrogen-bond acceptors (Lipinski definition) is 14. The third-order valence-electron chi connectivity index (χ3n) is 16.6. The molecule has 0 fully saturated rings. The number of ether oxygens (including phenoxy) is 9. The van der Waals surface area contributed by atoms with Crippen LogP contribution in [0, 0.1) is 5.41 Å². The van der Waals surface area contributed by atoms with Gasteiger partial charge in [0, 0.05) is 30.1 Å². The second kappa shape index (κ2) is 32.5. The maximum absolute atomic E-state index is 15.1. The van der Waals surface area contributed by atoms with Crippen LogP contribution in [0.1, 0.15) is 101 Å². The maximum Gasteiger partial charge on any atom is 0.410 e. The van der Waals surface area contributed by atoms with Crippen LogP contribution >= 0.6 is 11.3 Å². The molecule has 0 radical (unpaired) electrons. The molecule has 0 spiro atoms. The van der Waals surface area contributed by atoms with E-state index in [2.05, 4.69) is 71.3 Å². The molecule has 1 aromatic heterocycles. The Kier molecular flexibility index (Phi) is 23.5. The molecule has 1 aliphatic carbocycles. The van der Waals surface area contributed by atoms with Crippen molar-refractivity contribution in [2.24, 2.45) is 5.41 Å². The van der Waals surface area contributed by atoms with E-state index in [1.807, 2.05) is 130 Å². The number of nitrogens with one attached hydrogen (secondary N) is 2. The lowest BCUT2D eigenvalue weighted by molar-refractivity contribution is -0.147. The van der Waals surface area contributed by atoms with Crippen molar-refractivity contribution in [3.05, 3.63) is 203 Å². The van der Waals surface area contributed by atoms with Gasteiger partial charge in [0.05, 0.1) is 50.6 Å². The highest BCUT2D eigenvalue weighted by atomic mass is 32.1. The molecule has 0 saturated carbocycles. The number of carbonyl (C=O) groups excluding carboxylic acids is 4. The highest BCUT2D eigenvalue weighted by Gasteiger charge is 2.44. The number of benzene rings is 7. The summed E-state index contributed by atoms with van der Waals surface area (Å²) in [5.41, 5.74) is 5.69. The smallest absolute Gasteiger partial charge is 0.410 e. The van der Waals surface area contributed by atoms with E-state index in [4.69, 9.17) is 42.6 Å². The predicted molar refractivity (Wildman–Crippen MR) is 368 cm³/mol. The monoisotopic (exact) mass is 1310 g/mol. The van der Waals surface area contributed by atoms with Crippen LogP contribution < -0.4 is 34.3 Å². The minimum absolute atomic E-state index is 0.102. The summed E-state index contributed by atoms with van der Waals surface area (Å²) < 4.78 is 55.1. The van der Waals surface area contributed by atoms with Gasteiger partial charge < -0.3 is 58.2 Å². The molecule has 2 aliphatic rings. The second-order valence-corrected chi connectivity index (χ2v) is 27.0. The first kappa shape index (κ1) is 68.9. The number of hydrogen-bond donors (Lipinski definition) is 2. The van der Waals surface area contributed by atoms with E-state index in [1.165, 1.54) is 17.5 Å². The van der Waals surface area contributed by atoms with Crippen LogP contribution in [-0.2, 0) is 65.9 Å². The molecule has 10 rings (SSSR count). The molecular formula is C77H88N4O13S. The zero-order valence-corrected chi connectivity index (χ0v) is 56.5. The van der Waals surface area contributed by atoms with E-state index >= 15 is 4.79 Å². The summed E-state index contributed by atoms with van der Waals surface area (Å²) in [6.45, 7) is 16.3. The molecule has 500 valence electrons. The summed E-state index contributed by atoms with van der Waals surface area (Å²) in [5, 5.41) is 7.24. The zero-order chi connectivity index (χ0) is 66.9. The van der Waals surface area contributed by atoms with Crippen molar-refractivity contribution in [3.8, 4) is 44.9 Å². The average molecular weight is 1310 g/mol. The van der Waals surface area contributed by atoms with Gasteiger partial charge in [-0.05, 0) is 170 Å². The normalized spacial score (nSPS) is 15.1. The Morgan fingerprint density at radius 1 is 0.600 bits per heavy atom. The van der Waals surface area contributed by atoms with Crippen LogP contribution in [0.2, 0.25) is 0 Å². The van der Waals surface area contributed by atoms with Crippen molar-refractivity contribution < 1.29 is 61.8 Å². The average Bonchev–Trinajstić information content (AvgIpc) is 1.78. The molecule has 4 amide bonds. The Labute approximate surface area is 561 Å². The molecule has 1 unspecified atom stereocenters. The topological polar surface area (TPSA) is 182 Å². The summed E-state index contributed by atoms with van der Waals surface area (Å²) in [4.78, 5) is 60.3. The minimum Gasteiger partial charge on any atom is -0.491 e. The first-order chi connectivity index (χ1) is 45.8. The van der Waals surface area contributed by atoms with Gasteiger partial charge in [-0.15, -0.1) is 11.3 Å². The van der Waals surface area contributed by atoms with Gasteiger partial charge in [-0.3, -0.25) is 19.3 Å². The molecule has 7 aromatic carbocycles. The van der Waals surface area contributed by atoms with Crippen molar-refractivity contribution in [1.82, 2.24) is 20.4 Å². The van der Waals surface area contributed by atoms with Crippen LogP contribution in [0.3, 0.4) is 0 Å². The van der Waals surface area contributed by atoms with E-state index in [9.17, 15) is 14.4 Å². The van der Waals surface area contributed by atoms with E-state index in [0.29, 0.717) is 76.7 Å². The van der Waals surface area contributed by atoms with Crippen LogP contribution in [0.5, 0.6) is 34.5 Å². The Hall–Kier alpha value is -8.94. The van der Waals surface area contributed by atoms with Crippen LogP contribution in [0.25, 0.3) is 20.5 Å². The fraction of sp³-hybridized carbons (Fsp3) is 0.377. The quantitative estimate of drug-likeness (QED) is 0.0423. The van der Waals surface area contributed by atoms with Gasteiger partial charge in [0.15, 0.2) is 5.75 Å². The first-order valence-corrected chi connectivity index (χ1v) is 33.5. The van der Waals surface area contributed by atoms with E-state index in [-0.39, 0.29) is 31.5 Å². The van der Waals surface area contributed by atoms with Crippen LogP contribution in [0.15, 0.2) is 170 Å². The van der Waals surface area contributed by atoms with E-state index in [0.717, 1.165) is 84.9 Å². The number of rotatable bonds is 29. The van der Waals surface area contributed by atoms with Gasteiger partial charge in [-0.25, -0.2) is 4.79 Å². The van der Waals surface area contributed by atoms with Crippen LogP contribution in [-0.4, -0.2) is 117 Å². The van der Waals surface area contributed by atoms with Gasteiger partial charge in [-0.1, -0.05) is 112 Å². The molecule has 4 atom stereocenters. The third kappa shape index (κ3) is 19.1. The lowest BCUT2D eigenvalue weighted by Crippen LogP contribution is -2.62. The molecule has 1 aliphatic heterocycles. The van der Waals surface area contributed by atoms with Crippen molar-refractivity contribution in [1.29, 1.82) is 0 Å². The number of fused-ring (bicyclic) bond motifs is 3. The number of aryl methyl sites for hydroxylation is 1. The number of carbonyl (C=O) groups is 4. The molecule has 2 heterocycles. The zero-order valence-electron chi connectivity index (χ0n) is 55.7. The molecule has 2 N–H and O–H groups in total. The Morgan fingerprint density at radius 2 is 1.15 bits per heavy atom. The lowest BCUT2D eigenvalue weighted by Gasteiger charge is -2.42. The largest absolute Gasteiger partial charge is 0.491 e. The molecule has 17 nitrogen and oxygen atoms in total. The van der Waals surface area contributed by atoms with Gasteiger partial charge in [0.25, 0.3) is 0 Å². The molecule has 8 aromatic rings. The van der Waals surface area contributed by atoms with Crippen molar-refractivity contribution in [3.63, 3.8) is 0 Å². The molecular weight excluding hydrogens is 1220 g/mol. The molecule has 0 saturated heterocycles. The number of likely N-dealkylation sites (N-methyl/N-ethyl adjacent to an activating group) is 1.